The van der Waals surface area contributed by atoms with Crippen LogP contribution in [0.1, 0.15) is 64.4 Å². The number of allylic oxidation sites excluding steroid dienone is 4. The van der Waals surface area contributed by atoms with Crippen molar-refractivity contribution in [2.45, 2.75) is 77.0 Å². The largest absolute Gasteiger partial charge is 0.458 e. The molecule has 39 heavy (non-hydrogen) atoms. The first kappa shape index (κ1) is 27.9. The van der Waals surface area contributed by atoms with E-state index >= 15 is 0 Å². The monoisotopic (exact) mass is 555 g/mol. The number of Topliss-reactive ketones (excluding diaryl/α,β-unsaturated/α-hetero) is 1. The minimum absolute atomic E-state index is 0.0203. The summed E-state index contributed by atoms with van der Waals surface area (Å²) in [5, 5.41) is 29.8. The highest BCUT2D eigenvalue weighted by Gasteiger charge is 2.68. The van der Waals surface area contributed by atoms with E-state index < -0.39 is 40.9 Å². The van der Waals surface area contributed by atoms with Gasteiger partial charge in [-0.05, 0) is 78.5 Å². The number of hydrogen-bond acceptors (Lipinski definition) is 8. The molecule has 210 valence electrons. The Morgan fingerprint density at radius 3 is 2.74 bits per heavy atom. The molecule has 5 rings (SSSR count). The minimum atomic E-state index is -1.71. The maximum Gasteiger partial charge on any atom is 0.306 e. The van der Waals surface area contributed by atoms with Gasteiger partial charge in [0.25, 0.3) is 0 Å². The zero-order valence-electron chi connectivity index (χ0n) is 22.5. The van der Waals surface area contributed by atoms with Crippen LogP contribution in [0.2, 0.25) is 0 Å². The van der Waals surface area contributed by atoms with Crippen LogP contribution in [0.15, 0.2) is 40.6 Å². The summed E-state index contributed by atoms with van der Waals surface area (Å²) < 4.78 is 5.20. The molecule has 1 aromatic heterocycles. The number of nitrogens with one attached hydrogen (secondary N) is 1. The van der Waals surface area contributed by atoms with E-state index in [-0.39, 0.29) is 55.1 Å². The summed E-state index contributed by atoms with van der Waals surface area (Å²) >= 11 is 1.54. The van der Waals surface area contributed by atoms with Crippen molar-refractivity contribution in [1.29, 1.82) is 0 Å². The quantitative estimate of drug-likeness (QED) is 0.420. The van der Waals surface area contributed by atoms with Gasteiger partial charge in [-0.1, -0.05) is 25.5 Å². The van der Waals surface area contributed by atoms with Crippen LogP contribution >= 0.6 is 11.3 Å². The van der Waals surface area contributed by atoms with Crippen molar-refractivity contribution in [2.24, 2.45) is 28.6 Å². The fraction of sp³-hybridized carbons (Fsp3) is 0.600. The smallest absolute Gasteiger partial charge is 0.306 e. The number of fused-ring (bicyclic) bond motifs is 5. The number of amides is 1. The van der Waals surface area contributed by atoms with Crippen molar-refractivity contribution in [1.82, 2.24) is 5.32 Å². The zero-order chi connectivity index (χ0) is 28.0. The zero-order valence-corrected chi connectivity index (χ0v) is 23.3. The molecule has 4 aliphatic carbocycles. The summed E-state index contributed by atoms with van der Waals surface area (Å²) in [5.41, 5.74) is -0.952. The molecule has 0 aromatic carbocycles. The molecule has 1 heterocycles. The van der Waals surface area contributed by atoms with Gasteiger partial charge in [-0.15, -0.1) is 0 Å². The minimum Gasteiger partial charge on any atom is -0.458 e. The molecule has 3 saturated carbocycles. The van der Waals surface area contributed by atoms with Crippen molar-refractivity contribution in [3.05, 3.63) is 46.2 Å². The van der Waals surface area contributed by atoms with Gasteiger partial charge in [0.15, 0.2) is 12.4 Å². The number of aliphatic hydroxyl groups excluding tert-OH is 1. The van der Waals surface area contributed by atoms with E-state index in [1.165, 1.54) is 11.3 Å². The lowest BCUT2D eigenvalue weighted by atomic mass is 9.46. The van der Waals surface area contributed by atoms with E-state index in [1.807, 2.05) is 29.8 Å². The van der Waals surface area contributed by atoms with Crippen LogP contribution < -0.4 is 5.32 Å². The Morgan fingerprint density at radius 2 is 2.00 bits per heavy atom. The van der Waals surface area contributed by atoms with Crippen molar-refractivity contribution >= 4 is 34.8 Å². The molecular weight excluding hydrogens is 518 g/mol. The lowest BCUT2D eigenvalue weighted by Gasteiger charge is -2.59. The van der Waals surface area contributed by atoms with E-state index in [1.54, 1.807) is 12.2 Å². The van der Waals surface area contributed by atoms with Gasteiger partial charge in [0.1, 0.15) is 5.60 Å². The molecule has 3 fully saturated rings. The number of ether oxygens (including phenoxy) is 1. The summed E-state index contributed by atoms with van der Waals surface area (Å²) in [5.74, 6) is -1.51. The van der Waals surface area contributed by atoms with Gasteiger partial charge in [0.05, 0.1) is 12.5 Å². The number of esters is 1. The van der Waals surface area contributed by atoms with Crippen molar-refractivity contribution in [2.75, 3.05) is 6.61 Å². The predicted octanol–water partition coefficient (Wildman–Crippen LogP) is 3.27. The van der Waals surface area contributed by atoms with Gasteiger partial charge < -0.3 is 20.3 Å². The molecule has 7 atom stereocenters. The molecule has 4 aliphatic rings. The molecule has 0 bridgehead atoms. The summed E-state index contributed by atoms with van der Waals surface area (Å²) in [6, 6.07) is 1.91. The van der Waals surface area contributed by atoms with E-state index in [4.69, 9.17) is 4.74 Å². The van der Waals surface area contributed by atoms with Crippen LogP contribution in [-0.4, -0.2) is 52.0 Å². The number of carbonyl (C=O) groups excluding carboxylic acids is 4. The highest BCUT2D eigenvalue weighted by atomic mass is 32.1. The second-order valence-electron chi connectivity index (χ2n) is 12.1. The Bertz CT molecular complexity index is 1220. The first-order valence-corrected chi connectivity index (χ1v) is 14.7. The average Bonchev–Trinajstić information content (AvgIpc) is 3.51. The summed E-state index contributed by atoms with van der Waals surface area (Å²) in [7, 11) is 0. The number of carbonyl (C=O) groups is 4. The SMILES string of the molecule is C[C@]12C=CC(=O)C=C1CC[C@@H]1[C@@H]2[C@@H](O)C[C@@]2(C)[C@H]1CC[C@@]2(O)C(=O)COC(=O)CCC(=O)NCc1ccsc1. The lowest BCUT2D eigenvalue weighted by Crippen LogP contribution is -2.61. The molecule has 1 aromatic rings. The van der Waals surface area contributed by atoms with E-state index in [2.05, 4.69) is 12.2 Å². The number of ketones is 2. The third kappa shape index (κ3) is 4.83. The average molecular weight is 556 g/mol. The number of hydrogen-bond donors (Lipinski definition) is 3. The number of rotatable bonds is 8. The van der Waals surface area contributed by atoms with Crippen LogP contribution in [-0.2, 0) is 30.5 Å². The molecule has 9 heteroatoms. The molecule has 0 spiro atoms. The lowest BCUT2D eigenvalue weighted by molar-refractivity contribution is -0.181. The molecule has 1 amide bonds. The van der Waals surface area contributed by atoms with E-state index in [0.717, 1.165) is 24.0 Å². The molecule has 0 radical (unpaired) electrons. The topological polar surface area (TPSA) is 130 Å². The van der Waals surface area contributed by atoms with Gasteiger partial charge in [0, 0.05) is 29.7 Å². The maximum absolute atomic E-state index is 13.4. The van der Waals surface area contributed by atoms with Crippen LogP contribution in [0.25, 0.3) is 0 Å². The Morgan fingerprint density at radius 1 is 1.21 bits per heavy atom. The Hall–Kier alpha value is -2.62. The molecule has 0 saturated heterocycles. The van der Waals surface area contributed by atoms with Gasteiger partial charge in [-0.2, -0.15) is 11.3 Å². The fourth-order valence-corrected chi connectivity index (χ4v) is 8.69. The summed E-state index contributed by atoms with van der Waals surface area (Å²) in [6.07, 6.45) is 6.94. The molecule has 0 unspecified atom stereocenters. The second kappa shape index (κ2) is 10.4. The van der Waals surface area contributed by atoms with Gasteiger partial charge in [-0.25, -0.2) is 0 Å². The maximum atomic E-state index is 13.4. The predicted molar refractivity (Wildman–Crippen MR) is 144 cm³/mol. The molecule has 3 N–H and O–H groups in total. The Balaban J connectivity index is 1.19. The normalized spacial score (nSPS) is 36.8. The van der Waals surface area contributed by atoms with E-state index in [9.17, 15) is 29.4 Å². The van der Waals surface area contributed by atoms with Gasteiger partial charge >= 0.3 is 5.97 Å². The fourth-order valence-electron chi connectivity index (χ4n) is 8.02. The third-order valence-corrected chi connectivity index (χ3v) is 10.8. The summed E-state index contributed by atoms with van der Waals surface area (Å²) in [4.78, 5) is 49.7. The van der Waals surface area contributed by atoms with E-state index in [0.29, 0.717) is 13.0 Å². The van der Waals surface area contributed by atoms with Gasteiger partial charge in [-0.3, -0.25) is 19.2 Å². The van der Waals surface area contributed by atoms with Crippen LogP contribution in [0, 0.1) is 28.6 Å². The van der Waals surface area contributed by atoms with Crippen LogP contribution in [0.4, 0.5) is 0 Å². The van der Waals surface area contributed by atoms with Gasteiger partial charge in [0.2, 0.25) is 11.7 Å². The molecule has 8 nitrogen and oxygen atoms in total. The first-order chi connectivity index (χ1) is 18.5. The summed E-state index contributed by atoms with van der Waals surface area (Å²) in [6.45, 7) is 3.80. The van der Waals surface area contributed by atoms with Crippen molar-refractivity contribution < 1.29 is 34.1 Å². The van der Waals surface area contributed by atoms with Crippen LogP contribution in [0.5, 0.6) is 0 Å². The van der Waals surface area contributed by atoms with Crippen LogP contribution in [0.3, 0.4) is 0 Å². The number of thiophene rings is 1. The second-order valence-corrected chi connectivity index (χ2v) is 12.9. The standard InChI is InChI=1S/C30H37NO7S/c1-28-10-7-20(32)13-19(28)3-4-21-22-8-11-30(37,29(22,2)14-23(33)27(21)28)24(34)16-38-26(36)6-5-25(35)31-15-18-9-12-39-17-18/h7,9-10,12-13,17,21-23,27,33,37H,3-6,8,11,14-16H2,1-2H3,(H,31,35)/t21-,22-,23-,27+,28-,29-,30+/m0/s1. The highest BCUT2D eigenvalue weighted by Crippen LogP contribution is 2.67. The Labute approximate surface area is 232 Å². The van der Waals surface area contributed by atoms with Crippen molar-refractivity contribution in [3.63, 3.8) is 0 Å². The third-order valence-electron chi connectivity index (χ3n) is 10.1. The molecule has 0 aliphatic heterocycles. The number of aliphatic hydroxyl groups is 2. The Kier molecular flexibility index (Phi) is 7.45. The first-order valence-electron chi connectivity index (χ1n) is 13.8. The van der Waals surface area contributed by atoms with Crippen molar-refractivity contribution in [3.8, 4) is 0 Å². The highest BCUT2D eigenvalue weighted by molar-refractivity contribution is 7.07. The molecular formula is C30H37NO7S.